The summed E-state index contributed by atoms with van der Waals surface area (Å²) in [6, 6.07) is 5.01. The Bertz CT molecular complexity index is 346. The third-order valence-electron chi connectivity index (χ3n) is 3.10. The second-order valence-corrected chi connectivity index (χ2v) is 4.04. The first-order chi connectivity index (χ1) is 7.56. The SMILES string of the molecule is CCC(O)(CC)Cc1cccc(OC)c1F. The summed E-state index contributed by atoms with van der Waals surface area (Å²) in [5.74, 6) is -0.141. The van der Waals surface area contributed by atoms with Crippen molar-refractivity contribution in [2.45, 2.75) is 38.7 Å². The van der Waals surface area contributed by atoms with E-state index in [1.54, 1.807) is 18.2 Å². The van der Waals surface area contributed by atoms with Crippen LogP contribution in [0.3, 0.4) is 0 Å². The van der Waals surface area contributed by atoms with Gasteiger partial charge >= 0.3 is 0 Å². The molecule has 1 N–H and O–H groups in total. The van der Waals surface area contributed by atoms with Crippen LogP contribution in [0.1, 0.15) is 32.3 Å². The van der Waals surface area contributed by atoms with Crippen LogP contribution < -0.4 is 4.74 Å². The van der Waals surface area contributed by atoms with Gasteiger partial charge in [-0.15, -0.1) is 0 Å². The van der Waals surface area contributed by atoms with Crippen LogP contribution in [0, 0.1) is 5.82 Å². The molecule has 16 heavy (non-hydrogen) atoms. The van der Waals surface area contributed by atoms with Gasteiger partial charge in [-0.3, -0.25) is 0 Å². The zero-order valence-electron chi connectivity index (χ0n) is 10.1. The van der Waals surface area contributed by atoms with E-state index in [9.17, 15) is 9.50 Å². The Morgan fingerprint density at radius 2 is 1.94 bits per heavy atom. The van der Waals surface area contributed by atoms with Crippen molar-refractivity contribution in [2.75, 3.05) is 7.11 Å². The van der Waals surface area contributed by atoms with Crippen molar-refractivity contribution in [3.05, 3.63) is 29.6 Å². The highest BCUT2D eigenvalue weighted by Crippen LogP contribution is 2.26. The van der Waals surface area contributed by atoms with Crippen LogP contribution in [-0.4, -0.2) is 17.8 Å². The molecule has 0 unspecified atom stereocenters. The monoisotopic (exact) mass is 226 g/mol. The first kappa shape index (κ1) is 13.0. The Balaban J connectivity index is 2.97. The lowest BCUT2D eigenvalue weighted by molar-refractivity contribution is 0.0318. The normalized spacial score (nSPS) is 11.6. The summed E-state index contributed by atoms with van der Waals surface area (Å²) in [7, 11) is 1.44. The van der Waals surface area contributed by atoms with Crippen LogP contribution in [0.25, 0.3) is 0 Å². The minimum absolute atomic E-state index is 0.229. The zero-order valence-corrected chi connectivity index (χ0v) is 10.1. The minimum Gasteiger partial charge on any atom is -0.494 e. The molecule has 0 heterocycles. The molecule has 0 aliphatic carbocycles. The Morgan fingerprint density at radius 3 is 2.44 bits per heavy atom. The van der Waals surface area contributed by atoms with Crippen molar-refractivity contribution in [3.8, 4) is 5.75 Å². The summed E-state index contributed by atoms with van der Waals surface area (Å²) in [5.41, 5.74) is -0.321. The van der Waals surface area contributed by atoms with E-state index in [1.807, 2.05) is 13.8 Å². The average molecular weight is 226 g/mol. The fourth-order valence-corrected chi connectivity index (χ4v) is 1.70. The van der Waals surface area contributed by atoms with Gasteiger partial charge in [0.1, 0.15) is 0 Å². The largest absolute Gasteiger partial charge is 0.494 e. The van der Waals surface area contributed by atoms with Crippen molar-refractivity contribution >= 4 is 0 Å². The fraction of sp³-hybridized carbons (Fsp3) is 0.538. The molecular weight excluding hydrogens is 207 g/mol. The molecule has 1 aromatic rings. The highest BCUT2D eigenvalue weighted by molar-refractivity contribution is 5.31. The summed E-state index contributed by atoms with van der Waals surface area (Å²) < 4.78 is 18.8. The lowest BCUT2D eigenvalue weighted by Gasteiger charge is -2.25. The van der Waals surface area contributed by atoms with E-state index < -0.39 is 5.60 Å². The van der Waals surface area contributed by atoms with Crippen LogP contribution >= 0.6 is 0 Å². The molecule has 1 rings (SSSR count). The molecule has 90 valence electrons. The van der Waals surface area contributed by atoms with Crippen LogP contribution in [0.2, 0.25) is 0 Å². The van der Waals surface area contributed by atoms with E-state index >= 15 is 0 Å². The highest BCUT2D eigenvalue weighted by Gasteiger charge is 2.24. The molecule has 0 atom stereocenters. The lowest BCUT2D eigenvalue weighted by atomic mass is 9.89. The quantitative estimate of drug-likeness (QED) is 0.836. The second-order valence-electron chi connectivity index (χ2n) is 4.04. The molecule has 2 nitrogen and oxygen atoms in total. The van der Waals surface area contributed by atoms with E-state index in [1.165, 1.54) is 7.11 Å². The number of aliphatic hydroxyl groups is 1. The van der Waals surface area contributed by atoms with Crippen molar-refractivity contribution in [3.63, 3.8) is 0 Å². The molecule has 0 radical (unpaired) electrons. The van der Waals surface area contributed by atoms with Crippen LogP contribution in [0.5, 0.6) is 5.75 Å². The topological polar surface area (TPSA) is 29.5 Å². The van der Waals surface area contributed by atoms with Gasteiger partial charge in [-0.05, 0) is 24.5 Å². The first-order valence-corrected chi connectivity index (χ1v) is 5.60. The van der Waals surface area contributed by atoms with Crippen LogP contribution in [0.15, 0.2) is 18.2 Å². The van der Waals surface area contributed by atoms with Gasteiger partial charge < -0.3 is 9.84 Å². The van der Waals surface area contributed by atoms with Crippen molar-refractivity contribution < 1.29 is 14.2 Å². The predicted molar refractivity (Wildman–Crippen MR) is 62.2 cm³/mol. The van der Waals surface area contributed by atoms with E-state index in [0.29, 0.717) is 24.8 Å². The molecule has 0 aromatic heterocycles. The fourth-order valence-electron chi connectivity index (χ4n) is 1.70. The number of rotatable bonds is 5. The van der Waals surface area contributed by atoms with Gasteiger partial charge in [0, 0.05) is 6.42 Å². The predicted octanol–water partition coefficient (Wildman–Crippen LogP) is 2.93. The Labute approximate surface area is 96.1 Å². The summed E-state index contributed by atoms with van der Waals surface area (Å²) in [6.45, 7) is 3.81. The van der Waals surface area contributed by atoms with Gasteiger partial charge in [0.05, 0.1) is 12.7 Å². The minimum atomic E-state index is -0.826. The van der Waals surface area contributed by atoms with Gasteiger partial charge in [-0.25, -0.2) is 4.39 Å². The van der Waals surface area contributed by atoms with Crippen molar-refractivity contribution in [2.24, 2.45) is 0 Å². The summed E-state index contributed by atoms with van der Waals surface area (Å²) in [4.78, 5) is 0. The molecule has 0 saturated heterocycles. The first-order valence-electron chi connectivity index (χ1n) is 5.60. The zero-order chi connectivity index (χ0) is 12.2. The van der Waals surface area contributed by atoms with Crippen molar-refractivity contribution in [1.29, 1.82) is 0 Å². The van der Waals surface area contributed by atoms with E-state index in [0.717, 1.165) is 0 Å². The summed E-state index contributed by atoms with van der Waals surface area (Å²) >= 11 is 0. The Morgan fingerprint density at radius 1 is 1.31 bits per heavy atom. The molecule has 0 bridgehead atoms. The van der Waals surface area contributed by atoms with E-state index in [4.69, 9.17) is 4.74 Å². The molecule has 0 saturated carbocycles. The van der Waals surface area contributed by atoms with E-state index in [-0.39, 0.29) is 11.6 Å². The third kappa shape index (κ3) is 2.73. The summed E-state index contributed by atoms with van der Waals surface area (Å²) in [6.07, 6.45) is 1.54. The van der Waals surface area contributed by atoms with Crippen LogP contribution in [-0.2, 0) is 6.42 Å². The number of hydrogen-bond acceptors (Lipinski definition) is 2. The molecule has 3 heteroatoms. The molecule has 0 fully saturated rings. The average Bonchev–Trinajstić information content (AvgIpc) is 2.32. The maximum Gasteiger partial charge on any atom is 0.168 e. The van der Waals surface area contributed by atoms with E-state index in [2.05, 4.69) is 0 Å². The maximum atomic E-state index is 13.8. The molecule has 0 amide bonds. The number of hydrogen-bond donors (Lipinski definition) is 1. The standard InChI is InChI=1S/C13H19FO2/c1-4-13(15,5-2)9-10-7-6-8-11(16-3)12(10)14/h6-8,15H,4-5,9H2,1-3H3. The smallest absolute Gasteiger partial charge is 0.168 e. The maximum absolute atomic E-state index is 13.8. The third-order valence-corrected chi connectivity index (χ3v) is 3.10. The molecule has 0 aliphatic rings. The number of methoxy groups -OCH3 is 1. The van der Waals surface area contributed by atoms with Gasteiger partial charge in [0.2, 0.25) is 0 Å². The molecular formula is C13H19FO2. The van der Waals surface area contributed by atoms with Gasteiger partial charge in [0.15, 0.2) is 11.6 Å². The van der Waals surface area contributed by atoms with Gasteiger partial charge in [-0.2, -0.15) is 0 Å². The number of ether oxygens (including phenoxy) is 1. The number of halogens is 1. The lowest BCUT2D eigenvalue weighted by Crippen LogP contribution is -2.29. The Hall–Kier alpha value is -1.09. The molecule has 1 aromatic carbocycles. The molecule has 0 spiro atoms. The number of benzene rings is 1. The van der Waals surface area contributed by atoms with Gasteiger partial charge in [-0.1, -0.05) is 26.0 Å². The summed E-state index contributed by atoms with van der Waals surface area (Å²) in [5, 5.41) is 10.2. The molecule has 0 aliphatic heterocycles. The van der Waals surface area contributed by atoms with Crippen molar-refractivity contribution in [1.82, 2.24) is 0 Å². The second kappa shape index (κ2) is 5.30. The van der Waals surface area contributed by atoms with Crippen LogP contribution in [0.4, 0.5) is 4.39 Å². The van der Waals surface area contributed by atoms with Gasteiger partial charge in [0.25, 0.3) is 0 Å². The Kier molecular flexibility index (Phi) is 4.30. The highest BCUT2D eigenvalue weighted by atomic mass is 19.1.